The number of nitrogens with one attached hydrogen (secondary N) is 1. The van der Waals surface area contributed by atoms with Crippen molar-refractivity contribution in [2.45, 2.75) is 6.54 Å². The van der Waals surface area contributed by atoms with Gasteiger partial charge in [0, 0.05) is 56.7 Å². The molecule has 7 heteroatoms. The summed E-state index contributed by atoms with van der Waals surface area (Å²) >= 11 is 0. The number of carbonyl (C=O) groups excluding carboxylic acids is 2. The van der Waals surface area contributed by atoms with Gasteiger partial charge in [-0.1, -0.05) is 36.4 Å². The van der Waals surface area contributed by atoms with E-state index in [9.17, 15) is 9.59 Å². The maximum Gasteiger partial charge on any atom is 0.321 e. The Morgan fingerprint density at radius 2 is 1.56 bits per heavy atom. The fourth-order valence-corrected chi connectivity index (χ4v) is 4.00. The number of benzene rings is 3. The smallest absolute Gasteiger partial charge is 0.321 e. The first-order valence-corrected chi connectivity index (χ1v) is 11.4. The minimum absolute atomic E-state index is 0.0471. The second-order valence-corrected chi connectivity index (χ2v) is 8.33. The van der Waals surface area contributed by atoms with Crippen molar-refractivity contribution in [1.29, 1.82) is 0 Å². The monoisotopic (exact) mass is 458 g/mol. The van der Waals surface area contributed by atoms with E-state index in [1.54, 1.807) is 35.1 Å². The van der Waals surface area contributed by atoms with Gasteiger partial charge in [-0.05, 0) is 48.0 Å². The lowest BCUT2D eigenvalue weighted by molar-refractivity contribution is 0.0671. The number of amides is 3. The molecule has 0 aliphatic carbocycles. The zero-order valence-electron chi connectivity index (χ0n) is 19.6. The lowest BCUT2D eigenvalue weighted by Crippen LogP contribution is -2.51. The summed E-state index contributed by atoms with van der Waals surface area (Å²) in [6.07, 6.45) is 0. The van der Waals surface area contributed by atoms with Crippen molar-refractivity contribution in [3.05, 3.63) is 90.0 Å². The number of hydrogen-bond donors (Lipinski definition) is 1. The number of anilines is 2. The van der Waals surface area contributed by atoms with Crippen LogP contribution in [0, 0.1) is 0 Å². The highest BCUT2D eigenvalue weighted by Crippen LogP contribution is 2.20. The topological polar surface area (TPSA) is 65.1 Å². The molecule has 1 N–H and O–H groups in total. The summed E-state index contributed by atoms with van der Waals surface area (Å²) in [7, 11) is 3.63. The molecule has 34 heavy (non-hydrogen) atoms. The Morgan fingerprint density at radius 3 is 2.24 bits per heavy atom. The van der Waals surface area contributed by atoms with Gasteiger partial charge in [0.05, 0.1) is 7.11 Å². The van der Waals surface area contributed by atoms with Crippen molar-refractivity contribution in [1.82, 2.24) is 9.80 Å². The molecular formula is C27H30N4O3. The lowest BCUT2D eigenvalue weighted by atomic mass is 10.1. The number of nitrogens with zero attached hydrogens (tertiary/aromatic N) is 3. The zero-order chi connectivity index (χ0) is 23.9. The van der Waals surface area contributed by atoms with Crippen LogP contribution in [0.5, 0.6) is 5.75 Å². The molecular weight excluding hydrogens is 428 g/mol. The summed E-state index contributed by atoms with van der Waals surface area (Å²) in [4.78, 5) is 31.2. The van der Waals surface area contributed by atoms with Crippen LogP contribution in [0.3, 0.4) is 0 Å². The van der Waals surface area contributed by atoms with Crippen molar-refractivity contribution in [2.75, 3.05) is 50.6 Å². The molecule has 0 spiro atoms. The van der Waals surface area contributed by atoms with Crippen molar-refractivity contribution >= 4 is 23.3 Å². The van der Waals surface area contributed by atoms with E-state index in [2.05, 4.69) is 22.3 Å². The molecule has 0 atom stereocenters. The molecule has 3 aromatic carbocycles. The van der Waals surface area contributed by atoms with Gasteiger partial charge in [0.15, 0.2) is 0 Å². The minimum Gasteiger partial charge on any atom is -0.497 e. The largest absolute Gasteiger partial charge is 0.497 e. The van der Waals surface area contributed by atoms with Gasteiger partial charge in [-0.2, -0.15) is 0 Å². The SMILES string of the molecule is COc1cccc(C(=O)N2CCN(C(=O)Nc3ccc(N(C)Cc4ccccc4)cc3)CC2)c1. The van der Waals surface area contributed by atoms with Crippen molar-refractivity contribution in [2.24, 2.45) is 0 Å². The average Bonchev–Trinajstić information content (AvgIpc) is 2.89. The van der Waals surface area contributed by atoms with E-state index in [1.165, 1.54) is 5.56 Å². The van der Waals surface area contributed by atoms with Gasteiger partial charge >= 0.3 is 6.03 Å². The average molecular weight is 459 g/mol. The van der Waals surface area contributed by atoms with E-state index in [1.807, 2.05) is 55.6 Å². The van der Waals surface area contributed by atoms with Gasteiger partial charge in [0.1, 0.15) is 5.75 Å². The van der Waals surface area contributed by atoms with Gasteiger partial charge in [0.25, 0.3) is 5.91 Å². The fourth-order valence-electron chi connectivity index (χ4n) is 4.00. The third-order valence-electron chi connectivity index (χ3n) is 5.99. The minimum atomic E-state index is -0.154. The Hall–Kier alpha value is -4.00. The van der Waals surface area contributed by atoms with Crippen LogP contribution < -0.4 is 15.0 Å². The molecule has 1 aliphatic heterocycles. The Balaban J connectivity index is 1.28. The van der Waals surface area contributed by atoms with Crippen molar-refractivity contribution in [3.63, 3.8) is 0 Å². The summed E-state index contributed by atoms with van der Waals surface area (Å²) < 4.78 is 5.21. The number of carbonyl (C=O) groups is 2. The first-order valence-electron chi connectivity index (χ1n) is 11.4. The van der Waals surface area contributed by atoms with Gasteiger partial charge in [-0.15, -0.1) is 0 Å². The molecule has 0 bridgehead atoms. The number of rotatable bonds is 6. The highest BCUT2D eigenvalue weighted by molar-refractivity contribution is 5.95. The molecule has 0 radical (unpaired) electrons. The quantitative estimate of drug-likeness (QED) is 0.598. The van der Waals surface area contributed by atoms with Crippen LogP contribution >= 0.6 is 0 Å². The Labute approximate surface area is 200 Å². The number of hydrogen-bond acceptors (Lipinski definition) is 4. The molecule has 0 aromatic heterocycles. The van der Waals surface area contributed by atoms with E-state index >= 15 is 0 Å². The molecule has 0 saturated carbocycles. The van der Waals surface area contributed by atoms with Crippen LogP contribution in [-0.2, 0) is 6.54 Å². The van der Waals surface area contributed by atoms with E-state index < -0.39 is 0 Å². The van der Waals surface area contributed by atoms with Crippen LogP contribution in [0.2, 0.25) is 0 Å². The van der Waals surface area contributed by atoms with Crippen LogP contribution in [0.1, 0.15) is 15.9 Å². The Kier molecular flexibility index (Phi) is 7.32. The number of piperazine rings is 1. The second-order valence-electron chi connectivity index (χ2n) is 8.33. The van der Waals surface area contributed by atoms with Crippen LogP contribution in [0.25, 0.3) is 0 Å². The van der Waals surface area contributed by atoms with E-state index in [4.69, 9.17) is 4.74 Å². The molecule has 3 aromatic rings. The summed E-state index contributed by atoms with van der Waals surface area (Å²) in [5, 5.41) is 2.97. The van der Waals surface area contributed by atoms with Crippen molar-refractivity contribution in [3.8, 4) is 5.75 Å². The number of urea groups is 1. The van der Waals surface area contributed by atoms with E-state index in [0.29, 0.717) is 37.5 Å². The van der Waals surface area contributed by atoms with Gasteiger partial charge in [-0.25, -0.2) is 4.79 Å². The summed E-state index contributed by atoms with van der Waals surface area (Å²) in [6.45, 7) is 2.77. The third kappa shape index (κ3) is 5.67. The molecule has 3 amide bonds. The predicted molar refractivity (Wildman–Crippen MR) is 134 cm³/mol. The standard InChI is InChI=1S/C27H30N4O3/c1-29(20-21-7-4-3-5-8-21)24-13-11-23(12-14-24)28-27(33)31-17-15-30(16-18-31)26(32)22-9-6-10-25(19-22)34-2/h3-14,19H,15-18,20H2,1-2H3,(H,28,33). The molecule has 1 aliphatic rings. The van der Waals surface area contributed by atoms with Gasteiger partial charge in [0.2, 0.25) is 0 Å². The molecule has 1 heterocycles. The summed E-state index contributed by atoms with van der Waals surface area (Å²) in [5.41, 5.74) is 3.66. The molecule has 0 unspecified atom stereocenters. The maximum absolute atomic E-state index is 12.8. The predicted octanol–water partition coefficient (Wildman–Crippen LogP) is 4.32. The first kappa shape index (κ1) is 23.2. The molecule has 7 nitrogen and oxygen atoms in total. The Morgan fingerprint density at radius 1 is 0.882 bits per heavy atom. The molecule has 1 fully saturated rings. The van der Waals surface area contributed by atoms with Crippen LogP contribution in [0.15, 0.2) is 78.9 Å². The van der Waals surface area contributed by atoms with Gasteiger partial charge < -0.3 is 24.8 Å². The zero-order valence-corrected chi connectivity index (χ0v) is 19.6. The molecule has 4 rings (SSSR count). The first-order chi connectivity index (χ1) is 16.5. The van der Waals surface area contributed by atoms with Crippen LogP contribution in [0.4, 0.5) is 16.2 Å². The van der Waals surface area contributed by atoms with E-state index in [0.717, 1.165) is 17.9 Å². The van der Waals surface area contributed by atoms with Crippen LogP contribution in [-0.4, -0.2) is 62.1 Å². The number of methoxy groups -OCH3 is 1. The highest BCUT2D eigenvalue weighted by Gasteiger charge is 2.25. The molecule has 1 saturated heterocycles. The lowest BCUT2D eigenvalue weighted by Gasteiger charge is -2.34. The van der Waals surface area contributed by atoms with Gasteiger partial charge in [-0.3, -0.25) is 4.79 Å². The maximum atomic E-state index is 12.8. The normalized spacial score (nSPS) is 13.4. The van der Waals surface area contributed by atoms with E-state index in [-0.39, 0.29) is 11.9 Å². The third-order valence-corrected chi connectivity index (χ3v) is 5.99. The molecule has 176 valence electrons. The summed E-state index contributed by atoms with van der Waals surface area (Å²) in [6, 6.07) is 25.1. The van der Waals surface area contributed by atoms with Crippen molar-refractivity contribution < 1.29 is 14.3 Å². The number of ether oxygens (including phenoxy) is 1. The Bertz CT molecular complexity index is 1110. The highest BCUT2D eigenvalue weighted by atomic mass is 16.5. The fraction of sp³-hybridized carbons (Fsp3) is 0.259. The summed E-state index contributed by atoms with van der Waals surface area (Å²) in [5.74, 6) is 0.607. The second kappa shape index (κ2) is 10.7.